The first-order chi connectivity index (χ1) is 12.2. The Morgan fingerprint density at radius 1 is 1.04 bits per heavy atom. The van der Waals surface area contributed by atoms with Crippen molar-refractivity contribution in [3.05, 3.63) is 76.4 Å². The fourth-order valence-corrected chi connectivity index (χ4v) is 3.50. The van der Waals surface area contributed by atoms with E-state index in [4.69, 9.17) is 27.9 Å². The van der Waals surface area contributed by atoms with Crippen molar-refractivity contribution in [3.8, 4) is 17.0 Å². The normalized spacial score (nSPS) is 10.7. The Morgan fingerprint density at radius 3 is 2.56 bits per heavy atom. The highest BCUT2D eigenvalue weighted by molar-refractivity contribution is 7.97. The van der Waals surface area contributed by atoms with E-state index in [0.717, 1.165) is 21.6 Å². The maximum atomic E-state index is 6.26. The second-order valence-corrected chi connectivity index (χ2v) is 7.09. The third-order valence-corrected chi connectivity index (χ3v) is 4.92. The van der Waals surface area contributed by atoms with Gasteiger partial charge in [-0.2, -0.15) is 0 Å². The van der Waals surface area contributed by atoms with E-state index in [9.17, 15) is 0 Å². The Hall–Kier alpha value is -1.72. The molecule has 0 radical (unpaired) electrons. The van der Waals surface area contributed by atoms with Gasteiger partial charge >= 0.3 is 0 Å². The second kappa shape index (κ2) is 8.59. The SMILES string of the molecule is COc1cc(CNSc2ccc(-c3ccc(Cl)cc3Cl)cc2)ccn1. The summed E-state index contributed by atoms with van der Waals surface area (Å²) in [7, 11) is 1.61. The molecule has 0 unspecified atom stereocenters. The lowest BCUT2D eigenvalue weighted by atomic mass is 10.1. The largest absolute Gasteiger partial charge is 0.481 e. The van der Waals surface area contributed by atoms with Crippen molar-refractivity contribution in [3.63, 3.8) is 0 Å². The minimum atomic E-state index is 0.619. The van der Waals surface area contributed by atoms with E-state index in [1.165, 1.54) is 0 Å². The van der Waals surface area contributed by atoms with Crippen LogP contribution in [0.5, 0.6) is 5.88 Å². The molecule has 1 N–H and O–H groups in total. The molecule has 3 aromatic rings. The van der Waals surface area contributed by atoms with E-state index in [1.54, 1.807) is 31.3 Å². The van der Waals surface area contributed by atoms with Crippen molar-refractivity contribution in [1.29, 1.82) is 0 Å². The van der Waals surface area contributed by atoms with Gasteiger partial charge in [-0.05, 0) is 53.4 Å². The number of ether oxygens (including phenoxy) is 1. The number of halogens is 2. The molecular weight excluding hydrogens is 375 g/mol. The van der Waals surface area contributed by atoms with Crippen LogP contribution in [-0.4, -0.2) is 12.1 Å². The number of methoxy groups -OCH3 is 1. The summed E-state index contributed by atoms with van der Waals surface area (Å²) in [5, 5.41) is 1.29. The van der Waals surface area contributed by atoms with Crippen molar-refractivity contribution in [2.24, 2.45) is 0 Å². The molecule has 0 saturated heterocycles. The van der Waals surface area contributed by atoms with Crippen molar-refractivity contribution >= 4 is 35.1 Å². The summed E-state index contributed by atoms with van der Waals surface area (Å²) >= 11 is 13.8. The van der Waals surface area contributed by atoms with Gasteiger partial charge in [0.25, 0.3) is 0 Å². The second-order valence-electron chi connectivity index (χ2n) is 5.28. The van der Waals surface area contributed by atoms with Crippen molar-refractivity contribution in [2.45, 2.75) is 11.4 Å². The van der Waals surface area contributed by atoms with Crippen LogP contribution in [0.1, 0.15) is 5.56 Å². The molecule has 2 aromatic carbocycles. The van der Waals surface area contributed by atoms with Gasteiger partial charge < -0.3 is 4.74 Å². The van der Waals surface area contributed by atoms with Crippen LogP contribution in [-0.2, 0) is 6.54 Å². The Labute approximate surface area is 161 Å². The Bertz CT molecular complexity index is 856. The summed E-state index contributed by atoms with van der Waals surface area (Å²) in [5.74, 6) is 0.619. The van der Waals surface area contributed by atoms with Crippen molar-refractivity contribution < 1.29 is 4.74 Å². The Balaban J connectivity index is 1.61. The molecule has 3 rings (SSSR count). The van der Waals surface area contributed by atoms with Crippen molar-refractivity contribution in [1.82, 2.24) is 9.71 Å². The van der Waals surface area contributed by atoms with Crippen LogP contribution in [0.25, 0.3) is 11.1 Å². The molecule has 0 bridgehead atoms. The van der Waals surface area contributed by atoms with Crippen LogP contribution in [0.15, 0.2) is 65.7 Å². The van der Waals surface area contributed by atoms with E-state index in [2.05, 4.69) is 34.0 Å². The number of aromatic nitrogens is 1. The topological polar surface area (TPSA) is 34.1 Å². The fraction of sp³-hybridized carbons (Fsp3) is 0.105. The molecule has 25 heavy (non-hydrogen) atoms. The molecule has 0 saturated carbocycles. The highest BCUT2D eigenvalue weighted by atomic mass is 35.5. The molecule has 6 heteroatoms. The lowest BCUT2D eigenvalue weighted by Crippen LogP contribution is -2.03. The lowest BCUT2D eigenvalue weighted by molar-refractivity contribution is 0.397. The van der Waals surface area contributed by atoms with E-state index in [0.29, 0.717) is 22.5 Å². The number of rotatable bonds is 6. The highest BCUT2D eigenvalue weighted by Gasteiger charge is 2.05. The van der Waals surface area contributed by atoms with E-state index in [-0.39, 0.29) is 0 Å². The van der Waals surface area contributed by atoms with Gasteiger partial charge in [-0.25, -0.2) is 4.98 Å². The molecule has 0 atom stereocenters. The predicted octanol–water partition coefficient (Wildman–Crippen LogP) is 5.86. The van der Waals surface area contributed by atoms with Crippen LogP contribution in [0, 0.1) is 0 Å². The maximum absolute atomic E-state index is 6.26. The number of hydrogen-bond acceptors (Lipinski definition) is 4. The molecule has 1 heterocycles. The molecule has 0 aliphatic rings. The standard InChI is InChI=1S/C19H16Cl2N2OS/c1-24-19-10-13(8-9-22-19)12-23-25-16-5-2-14(3-6-16)17-7-4-15(20)11-18(17)21/h2-11,23H,12H2,1H3. The van der Waals surface area contributed by atoms with Gasteiger partial charge in [-0.15, -0.1) is 0 Å². The number of hydrogen-bond donors (Lipinski definition) is 1. The van der Waals surface area contributed by atoms with Crippen LogP contribution in [0.3, 0.4) is 0 Å². The summed E-state index contributed by atoms with van der Waals surface area (Å²) in [6.07, 6.45) is 1.74. The monoisotopic (exact) mass is 390 g/mol. The molecule has 1 aromatic heterocycles. The Kier molecular flexibility index (Phi) is 6.21. The molecule has 0 fully saturated rings. The fourth-order valence-electron chi connectivity index (χ4n) is 2.30. The minimum absolute atomic E-state index is 0.619. The molecule has 128 valence electrons. The van der Waals surface area contributed by atoms with Crippen LogP contribution in [0.4, 0.5) is 0 Å². The van der Waals surface area contributed by atoms with Crippen LogP contribution in [0.2, 0.25) is 10.0 Å². The van der Waals surface area contributed by atoms with Crippen LogP contribution < -0.4 is 9.46 Å². The van der Waals surface area contributed by atoms with Gasteiger partial charge in [0.2, 0.25) is 5.88 Å². The lowest BCUT2D eigenvalue weighted by Gasteiger charge is -2.08. The number of benzene rings is 2. The minimum Gasteiger partial charge on any atom is -0.481 e. The van der Waals surface area contributed by atoms with Gasteiger partial charge in [0.05, 0.1) is 7.11 Å². The zero-order valence-corrected chi connectivity index (χ0v) is 15.8. The smallest absolute Gasteiger partial charge is 0.213 e. The summed E-state index contributed by atoms with van der Waals surface area (Å²) in [6.45, 7) is 0.717. The van der Waals surface area contributed by atoms with Gasteiger partial charge in [0.15, 0.2) is 0 Å². The first-order valence-corrected chi connectivity index (χ1v) is 9.17. The molecule has 0 aliphatic heterocycles. The molecule has 0 aliphatic carbocycles. The van der Waals surface area contributed by atoms with Crippen LogP contribution >= 0.6 is 35.1 Å². The number of nitrogens with zero attached hydrogens (tertiary/aromatic N) is 1. The number of pyridine rings is 1. The molecule has 3 nitrogen and oxygen atoms in total. The summed E-state index contributed by atoms with van der Waals surface area (Å²) in [5.41, 5.74) is 3.15. The quantitative estimate of drug-likeness (QED) is 0.534. The number of nitrogens with one attached hydrogen (secondary N) is 1. The van der Waals surface area contributed by atoms with Gasteiger partial charge in [-0.3, -0.25) is 4.72 Å². The Morgan fingerprint density at radius 2 is 1.84 bits per heavy atom. The zero-order valence-electron chi connectivity index (χ0n) is 13.5. The third kappa shape index (κ3) is 4.89. The molecule has 0 spiro atoms. The molecule has 0 amide bonds. The first-order valence-electron chi connectivity index (χ1n) is 7.60. The average molecular weight is 391 g/mol. The van der Waals surface area contributed by atoms with E-state index >= 15 is 0 Å². The van der Waals surface area contributed by atoms with E-state index in [1.807, 2.05) is 24.3 Å². The van der Waals surface area contributed by atoms with Gasteiger partial charge in [-0.1, -0.05) is 41.4 Å². The third-order valence-electron chi connectivity index (χ3n) is 3.57. The maximum Gasteiger partial charge on any atom is 0.213 e. The predicted molar refractivity (Wildman–Crippen MR) is 105 cm³/mol. The summed E-state index contributed by atoms with van der Waals surface area (Å²) in [4.78, 5) is 5.22. The molecular formula is C19H16Cl2N2OS. The highest BCUT2D eigenvalue weighted by Crippen LogP contribution is 2.31. The summed E-state index contributed by atoms with van der Waals surface area (Å²) < 4.78 is 8.46. The van der Waals surface area contributed by atoms with Gasteiger partial charge in [0, 0.05) is 39.3 Å². The van der Waals surface area contributed by atoms with Gasteiger partial charge in [0.1, 0.15) is 0 Å². The average Bonchev–Trinajstić information content (AvgIpc) is 2.63. The van der Waals surface area contributed by atoms with Crippen molar-refractivity contribution in [2.75, 3.05) is 7.11 Å². The van der Waals surface area contributed by atoms with E-state index < -0.39 is 0 Å². The summed E-state index contributed by atoms with van der Waals surface area (Å²) in [6, 6.07) is 17.6. The zero-order chi connectivity index (χ0) is 17.6. The first kappa shape index (κ1) is 18.1.